The number of rotatable bonds is 0. The number of hydrogen-bond donors (Lipinski definition) is 1. The summed E-state index contributed by atoms with van der Waals surface area (Å²) in [7, 11) is 0. The van der Waals surface area contributed by atoms with Crippen LogP contribution in [0.5, 0.6) is 0 Å². The SMILES string of the molecule is Nc1cccc2c1oc1cc3oc4ccccc4c3cc12. The van der Waals surface area contributed by atoms with Crippen molar-refractivity contribution in [1.29, 1.82) is 0 Å². The zero-order valence-corrected chi connectivity index (χ0v) is 11.1. The highest BCUT2D eigenvalue weighted by molar-refractivity contribution is 6.16. The predicted octanol–water partition coefficient (Wildman–Crippen LogP) is 5.07. The minimum Gasteiger partial charge on any atom is -0.456 e. The molecule has 3 aromatic carbocycles. The van der Waals surface area contributed by atoms with E-state index in [4.69, 9.17) is 14.6 Å². The third-order valence-corrected chi connectivity index (χ3v) is 4.03. The summed E-state index contributed by atoms with van der Waals surface area (Å²) in [5.41, 5.74) is 9.92. The van der Waals surface area contributed by atoms with Crippen LogP contribution in [0.4, 0.5) is 5.69 Å². The molecule has 0 radical (unpaired) electrons. The van der Waals surface area contributed by atoms with E-state index in [1.807, 2.05) is 42.5 Å². The molecule has 0 aliphatic rings. The van der Waals surface area contributed by atoms with Crippen molar-refractivity contribution in [2.45, 2.75) is 0 Å². The number of nitrogen functional groups attached to an aromatic ring is 1. The molecule has 0 bridgehead atoms. The molecule has 0 aliphatic carbocycles. The van der Waals surface area contributed by atoms with Crippen LogP contribution in [-0.4, -0.2) is 0 Å². The molecule has 0 saturated carbocycles. The molecule has 0 aliphatic heterocycles. The molecule has 100 valence electrons. The molecule has 0 amide bonds. The average molecular weight is 273 g/mol. The first-order valence-corrected chi connectivity index (χ1v) is 6.83. The summed E-state index contributed by atoms with van der Waals surface area (Å²) in [5.74, 6) is 0. The van der Waals surface area contributed by atoms with Gasteiger partial charge in [-0.2, -0.15) is 0 Å². The molecule has 5 rings (SSSR count). The van der Waals surface area contributed by atoms with E-state index in [9.17, 15) is 0 Å². The topological polar surface area (TPSA) is 52.3 Å². The van der Waals surface area contributed by atoms with Crippen LogP contribution in [0.25, 0.3) is 43.9 Å². The quantitative estimate of drug-likeness (QED) is 0.401. The third kappa shape index (κ3) is 1.32. The van der Waals surface area contributed by atoms with Crippen LogP contribution in [0.3, 0.4) is 0 Å². The van der Waals surface area contributed by atoms with E-state index in [0.717, 1.165) is 43.9 Å². The first-order chi connectivity index (χ1) is 10.3. The fourth-order valence-electron chi connectivity index (χ4n) is 3.04. The van der Waals surface area contributed by atoms with Crippen LogP contribution in [-0.2, 0) is 0 Å². The lowest BCUT2D eigenvalue weighted by Crippen LogP contribution is -1.82. The lowest BCUT2D eigenvalue weighted by Gasteiger charge is -1.92. The van der Waals surface area contributed by atoms with Crippen molar-refractivity contribution in [3.63, 3.8) is 0 Å². The Labute approximate surface area is 119 Å². The molecule has 0 fully saturated rings. The highest BCUT2D eigenvalue weighted by Crippen LogP contribution is 2.37. The molecule has 0 unspecified atom stereocenters. The first-order valence-electron chi connectivity index (χ1n) is 6.83. The van der Waals surface area contributed by atoms with E-state index in [-0.39, 0.29) is 0 Å². The Kier molecular flexibility index (Phi) is 1.84. The van der Waals surface area contributed by atoms with Crippen LogP contribution in [0.2, 0.25) is 0 Å². The number of nitrogens with two attached hydrogens (primary N) is 1. The minimum absolute atomic E-state index is 0.658. The van der Waals surface area contributed by atoms with Gasteiger partial charge in [0.1, 0.15) is 16.7 Å². The molecule has 2 N–H and O–H groups in total. The van der Waals surface area contributed by atoms with Crippen molar-refractivity contribution in [2.75, 3.05) is 5.73 Å². The largest absolute Gasteiger partial charge is 0.456 e. The van der Waals surface area contributed by atoms with E-state index in [1.54, 1.807) is 0 Å². The summed E-state index contributed by atoms with van der Waals surface area (Å²) >= 11 is 0. The van der Waals surface area contributed by atoms with E-state index in [2.05, 4.69) is 12.1 Å². The first kappa shape index (κ1) is 10.8. The summed E-state index contributed by atoms with van der Waals surface area (Å²) in [5, 5.41) is 4.32. The normalized spacial score (nSPS) is 12.0. The van der Waals surface area contributed by atoms with Gasteiger partial charge in [-0.15, -0.1) is 0 Å². The Hall–Kier alpha value is -2.94. The molecule has 3 heteroatoms. The van der Waals surface area contributed by atoms with Crippen molar-refractivity contribution in [3.8, 4) is 0 Å². The summed E-state index contributed by atoms with van der Waals surface area (Å²) in [6, 6.07) is 18.0. The summed E-state index contributed by atoms with van der Waals surface area (Å²) in [6.07, 6.45) is 0. The molecule has 3 nitrogen and oxygen atoms in total. The Balaban J connectivity index is 2.04. The zero-order valence-electron chi connectivity index (χ0n) is 11.1. The molecular weight excluding hydrogens is 262 g/mol. The summed E-state index contributed by atoms with van der Waals surface area (Å²) in [4.78, 5) is 0. The maximum Gasteiger partial charge on any atom is 0.158 e. The fraction of sp³-hybridized carbons (Fsp3) is 0. The Morgan fingerprint density at radius 1 is 0.619 bits per heavy atom. The minimum atomic E-state index is 0.658. The highest BCUT2D eigenvalue weighted by Gasteiger charge is 2.13. The molecule has 0 atom stereocenters. The summed E-state index contributed by atoms with van der Waals surface area (Å²) in [6.45, 7) is 0. The molecule has 2 heterocycles. The molecule has 0 saturated heterocycles. The fourth-order valence-corrected chi connectivity index (χ4v) is 3.04. The molecular formula is C18H11NO2. The van der Waals surface area contributed by atoms with Crippen molar-refractivity contribution < 1.29 is 8.83 Å². The Morgan fingerprint density at radius 3 is 2.33 bits per heavy atom. The second kappa shape index (κ2) is 3.58. The number of benzene rings is 3. The second-order valence-electron chi connectivity index (χ2n) is 5.27. The number of para-hydroxylation sites is 2. The molecule has 2 aromatic heterocycles. The Bertz CT molecular complexity index is 1150. The van der Waals surface area contributed by atoms with Crippen LogP contribution in [0.15, 0.2) is 63.4 Å². The van der Waals surface area contributed by atoms with Gasteiger partial charge in [0.2, 0.25) is 0 Å². The maximum atomic E-state index is 5.99. The summed E-state index contributed by atoms with van der Waals surface area (Å²) < 4.78 is 11.8. The van der Waals surface area contributed by atoms with E-state index in [0.29, 0.717) is 5.69 Å². The number of furan rings is 2. The van der Waals surface area contributed by atoms with Gasteiger partial charge in [-0.05, 0) is 18.2 Å². The van der Waals surface area contributed by atoms with Crippen LogP contribution in [0, 0.1) is 0 Å². The lowest BCUT2D eigenvalue weighted by atomic mass is 10.1. The van der Waals surface area contributed by atoms with Gasteiger partial charge in [0.05, 0.1) is 5.69 Å². The van der Waals surface area contributed by atoms with Crippen molar-refractivity contribution in [1.82, 2.24) is 0 Å². The monoisotopic (exact) mass is 273 g/mol. The zero-order chi connectivity index (χ0) is 14.0. The Morgan fingerprint density at radius 2 is 1.38 bits per heavy atom. The lowest BCUT2D eigenvalue weighted by molar-refractivity contribution is 0.657. The molecule has 5 aromatic rings. The van der Waals surface area contributed by atoms with Gasteiger partial charge in [-0.1, -0.05) is 30.3 Å². The predicted molar refractivity (Wildman–Crippen MR) is 85.4 cm³/mol. The van der Waals surface area contributed by atoms with Gasteiger partial charge < -0.3 is 14.6 Å². The van der Waals surface area contributed by atoms with E-state index < -0.39 is 0 Å². The number of fused-ring (bicyclic) bond motifs is 6. The average Bonchev–Trinajstić information content (AvgIpc) is 3.04. The van der Waals surface area contributed by atoms with Gasteiger partial charge in [-0.25, -0.2) is 0 Å². The van der Waals surface area contributed by atoms with Gasteiger partial charge in [-0.3, -0.25) is 0 Å². The molecule has 0 spiro atoms. The van der Waals surface area contributed by atoms with Gasteiger partial charge in [0, 0.05) is 27.6 Å². The third-order valence-electron chi connectivity index (χ3n) is 4.03. The smallest absolute Gasteiger partial charge is 0.158 e. The standard InChI is InChI=1S/C18H11NO2/c19-14-6-3-5-11-13-8-12-10-4-1-2-7-15(10)20-16(12)9-17(13)21-18(11)14/h1-9H,19H2. The molecule has 21 heavy (non-hydrogen) atoms. The number of anilines is 1. The van der Waals surface area contributed by atoms with Crippen LogP contribution >= 0.6 is 0 Å². The van der Waals surface area contributed by atoms with Crippen LogP contribution in [0.1, 0.15) is 0 Å². The van der Waals surface area contributed by atoms with Crippen molar-refractivity contribution in [3.05, 3.63) is 54.6 Å². The second-order valence-corrected chi connectivity index (χ2v) is 5.27. The van der Waals surface area contributed by atoms with Gasteiger partial charge >= 0.3 is 0 Å². The number of hydrogen-bond acceptors (Lipinski definition) is 3. The van der Waals surface area contributed by atoms with E-state index in [1.165, 1.54) is 0 Å². The highest BCUT2D eigenvalue weighted by atomic mass is 16.3. The van der Waals surface area contributed by atoms with E-state index >= 15 is 0 Å². The van der Waals surface area contributed by atoms with Crippen molar-refractivity contribution in [2.24, 2.45) is 0 Å². The van der Waals surface area contributed by atoms with Gasteiger partial charge in [0.15, 0.2) is 5.58 Å². The van der Waals surface area contributed by atoms with Crippen molar-refractivity contribution >= 4 is 49.6 Å². The maximum absolute atomic E-state index is 5.99. The van der Waals surface area contributed by atoms with Gasteiger partial charge in [0.25, 0.3) is 0 Å². The van der Waals surface area contributed by atoms with Crippen LogP contribution < -0.4 is 5.73 Å².